The highest BCUT2D eigenvalue weighted by Gasteiger charge is 2.34. The number of ether oxygens (including phenoxy) is 1. The van der Waals surface area contributed by atoms with Crippen molar-refractivity contribution in [2.45, 2.75) is 45.3 Å². The average Bonchev–Trinajstić information content (AvgIpc) is 3.58. The van der Waals surface area contributed by atoms with Crippen molar-refractivity contribution in [1.82, 2.24) is 23.7 Å². The van der Waals surface area contributed by atoms with Crippen LogP contribution in [-0.4, -0.2) is 35.4 Å². The number of rotatable bonds is 7. The van der Waals surface area contributed by atoms with Gasteiger partial charge in [-0.2, -0.15) is 0 Å². The summed E-state index contributed by atoms with van der Waals surface area (Å²) in [5.41, 5.74) is 5.29. The minimum atomic E-state index is -0.182. The summed E-state index contributed by atoms with van der Waals surface area (Å²) < 4.78 is 13.7. The first-order chi connectivity index (χ1) is 17.9. The fourth-order valence-corrected chi connectivity index (χ4v) is 6.22. The van der Waals surface area contributed by atoms with Crippen LogP contribution < -0.4 is 4.74 Å². The molecule has 37 heavy (non-hydrogen) atoms. The standard InChI is InChI=1S/C28H28BrN5O2S/c1-17(2)33-27(35)24-15-22-21-14-19(29)6-9-23(21)31-25(22)26(34(24)28(33)37)18-4-7-20(8-5-18)36-13-3-11-32-12-10-30-16-32/h4-10,12,14,16-17,26,31,35H,3,11,13,15H2,1-2H3. The summed E-state index contributed by atoms with van der Waals surface area (Å²) in [4.78, 5) is 7.75. The van der Waals surface area contributed by atoms with Gasteiger partial charge in [-0.3, -0.25) is 4.57 Å². The van der Waals surface area contributed by atoms with Gasteiger partial charge in [-0.25, -0.2) is 4.98 Å². The molecule has 5 aromatic rings. The molecular weight excluding hydrogens is 550 g/mol. The molecule has 0 radical (unpaired) electrons. The van der Waals surface area contributed by atoms with Crippen LogP contribution in [0.15, 0.2) is 65.7 Å². The Kier molecular flexibility index (Phi) is 6.20. The van der Waals surface area contributed by atoms with E-state index in [9.17, 15) is 5.11 Å². The zero-order valence-electron chi connectivity index (χ0n) is 20.7. The number of fused-ring (bicyclic) bond motifs is 4. The van der Waals surface area contributed by atoms with E-state index in [1.807, 2.05) is 53.7 Å². The number of aromatic nitrogens is 5. The number of aromatic hydroxyl groups is 1. The Morgan fingerprint density at radius 3 is 2.76 bits per heavy atom. The Hall–Kier alpha value is -3.30. The summed E-state index contributed by atoms with van der Waals surface area (Å²) >= 11 is 9.55. The van der Waals surface area contributed by atoms with Crippen LogP contribution in [-0.2, 0) is 13.0 Å². The third kappa shape index (κ3) is 4.20. The maximum atomic E-state index is 11.2. The summed E-state index contributed by atoms with van der Waals surface area (Å²) in [6.07, 6.45) is 7.07. The van der Waals surface area contributed by atoms with Crippen molar-refractivity contribution in [3.63, 3.8) is 0 Å². The summed E-state index contributed by atoms with van der Waals surface area (Å²) in [6, 6.07) is 14.4. The molecule has 0 spiro atoms. The van der Waals surface area contributed by atoms with Gasteiger partial charge in [-0.1, -0.05) is 28.1 Å². The smallest absolute Gasteiger partial charge is 0.214 e. The van der Waals surface area contributed by atoms with Gasteiger partial charge in [0.25, 0.3) is 0 Å². The highest BCUT2D eigenvalue weighted by Crippen LogP contribution is 2.44. The third-order valence-electron chi connectivity index (χ3n) is 7.07. The maximum absolute atomic E-state index is 11.2. The van der Waals surface area contributed by atoms with E-state index in [-0.39, 0.29) is 18.0 Å². The van der Waals surface area contributed by atoms with Crippen molar-refractivity contribution in [3.05, 3.63) is 92.9 Å². The van der Waals surface area contributed by atoms with Gasteiger partial charge >= 0.3 is 0 Å². The maximum Gasteiger partial charge on any atom is 0.214 e. The fraction of sp³-hybridized carbons (Fsp3) is 0.286. The van der Waals surface area contributed by atoms with Crippen molar-refractivity contribution in [2.24, 2.45) is 0 Å². The van der Waals surface area contributed by atoms with Gasteiger partial charge in [-0.05, 0) is 73.9 Å². The molecule has 0 saturated heterocycles. The van der Waals surface area contributed by atoms with E-state index in [4.69, 9.17) is 17.0 Å². The van der Waals surface area contributed by atoms with Gasteiger partial charge in [-0.15, -0.1) is 0 Å². The summed E-state index contributed by atoms with van der Waals surface area (Å²) in [5.74, 6) is 1.08. The predicted molar refractivity (Wildman–Crippen MR) is 150 cm³/mol. The quantitative estimate of drug-likeness (QED) is 0.162. The number of nitrogens with zero attached hydrogens (tertiary/aromatic N) is 4. The van der Waals surface area contributed by atoms with E-state index in [0.717, 1.165) is 51.0 Å². The Morgan fingerprint density at radius 1 is 1.22 bits per heavy atom. The minimum Gasteiger partial charge on any atom is -0.494 e. The number of aryl methyl sites for hydroxylation is 1. The average molecular weight is 579 g/mol. The molecule has 0 fully saturated rings. The topological polar surface area (TPSA) is 72.9 Å². The van der Waals surface area contributed by atoms with Crippen LogP contribution in [0.1, 0.15) is 54.9 Å². The molecule has 1 aliphatic heterocycles. The van der Waals surface area contributed by atoms with Crippen LogP contribution in [0.4, 0.5) is 0 Å². The number of benzene rings is 2. The molecule has 1 atom stereocenters. The molecule has 1 aliphatic rings. The molecule has 9 heteroatoms. The number of hydrogen-bond acceptors (Lipinski definition) is 4. The molecule has 2 aromatic carbocycles. The van der Waals surface area contributed by atoms with Gasteiger partial charge in [0, 0.05) is 52.5 Å². The molecule has 1 unspecified atom stereocenters. The first kappa shape index (κ1) is 24.1. The Balaban J connectivity index is 1.37. The molecule has 0 amide bonds. The van der Waals surface area contributed by atoms with Crippen molar-refractivity contribution in [1.29, 1.82) is 0 Å². The second kappa shape index (κ2) is 9.54. The van der Waals surface area contributed by atoms with E-state index in [1.165, 1.54) is 5.56 Å². The zero-order valence-corrected chi connectivity index (χ0v) is 23.1. The number of hydrogen-bond donors (Lipinski definition) is 2. The SMILES string of the molecule is CC(C)n1c(O)c2n(c1=S)C(c1ccc(OCCCn3ccnc3)cc1)c1[nH]c3ccc(Br)cc3c1C2. The van der Waals surface area contributed by atoms with E-state index >= 15 is 0 Å². The monoisotopic (exact) mass is 577 g/mol. The Morgan fingerprint density at radius 2 is 2.03 bits per heavy atom. The number of aromatic amines is 1. The molecule has 190 valence electrons. The number of halogens is 1. The van der Waals surface area contributed by atoms with Crippen LogP contribution in [0.5, 0.6) is 11.6 Å². The molecule has 3 aromatic heterocycles. The van der Waals surface area contributed by atoms with Gasteiger partial charge in [0.15, 0.2) is 4.77 Å². The molecule has 2 N–H and O–H groups in total. The van der Waals surface area contributed by atoms with E-state index in [1.54, 1.807) is 6.20 Å². The number of H-pyrrole nitrogens is 1. The van der Waals surface area contributed by atoms with Crippen LogP contribution >= 0.6 is 28.1 Å². The van der Waals surface area contributed by atoms with Crippen molar-refractivity contribution in [2.75, 3.05) is 6.61 Å². The lowest BCUT2D eigenvalue weighted by Crippen LogP contribution is -2.22. The second-order valence-corrected chi connectivity index (χ2v) is 11.0. The minimum absolute atomic E-state index is 0.0496. The van der Waals surface area contributed by atoms with Crippen LogP contribution in [0, 0.1) is 4.77 Å². The molecular formula is C28H28BrN5O2S. The van der Waals surface area contributed by atoms with Crippen molar-refractivity contribution < 1.29 is 9.84 Å². The first-order valence-electron chi connectivity index (χ1n) is 12.5. The highest BCUT2D eigenvalue weighted by molar-refractivity contribution is 9.10. The lowest BCUT2D eigenvalue weighted by atomic mass is 9.93. The lowest BCUT2D eigenvalue weighted by molar-refractivity contribution is 0.301. The van der Waals surface area contributed by atoms with Crippen molar-refractivity contribution >= 4 is 39.1 Å². The van der Waals surface area contributed by atoms with E-state index < -0.39 is 0 Å². The van der Waals surface area contributed by atoms with Gasteiger partial charge in [0.05, 0.1) is 18.6 Å². The second-order valence-electron chi connectivity index (χ2n) is 9.74. The zero-order chi connectivity index (χ0) is 25.7. The van der Waals surface area contributed by atoms with Crippen LogP contribution in [0.25, 0.3) is 10.9 Å². The summed E-state index contributed by atoms with van der Waals surface area (Å²) in [5, 5.41) is 12.4. The van der Waals surface area contributed by atoms with Crippen LogP contribution in [0.2, 0.25) is 0 Å². The van der Waals surface area contributed by atoms with Crippen molar-refractivity contribution in [3.8, 4) is 11.6 Å². The normalized spacial score (nSPS) is 14.8. The summed E-state index contributed by atoms with van der Waals surface area (Å²) in [6.45, 7) is 5.58. The largest absolute Gasteiger partial charge is 0.494 e. The van der Waals surface area contributed by atoms with Gasteiger partial charge in [0.2, 0.25) is 5.88 Å². The molecule has 4 heterocycles. The molecule has 0 bridgehead atoms. The molecule has 0 aliphatic carbocycles. The predicted octanol–water partition coefficient (Wildman–Crippen LogP) is 6.76. The third-order valence-corrected chi connectivity index (χ3v) is 7.95. The highest BCUT2D eigenvalue weighted by atomic mass is 79.9. The fourth-order valence-electron chi connectivity index (χ4n) is 5.34. The first-order valence-corrected chi connectivity index (χ1v) is 13.7. The molecule has 6 rings (SSSR count). The molecule has 7 nitrogen and oxygen atoms in total. The summed E-state index contributed by atoms with van der Waals surface area (Å²) in [7, 11) is 0. The lowest BCUT2D eigenvalue weighted by Gasteiger charge is -2.27. The van der Waals surface area contributed by atoms with Gasteiger partial charge in [0.1, 0.15) is 11.8 Å². The Labute approximate surface area is 228 Å². The van der Waals surface area contributed by atoms with E-state index in [0.29, 0.717) is 17.8 Å². The van der Waals surface area contributed by atoms with Gasteiger partial charge < -0.3 is 24.0 Å². The number of imidazole rings is 2. The van der Waals surface area contributed by atoms with Crippen LogP contribution in [0.3, 0.4) is 0 Å². The Bertz CT molecular complexity index is 1630. The number of nitrogens with one attached hydrogen (secondary N) is 1. The molecule has 0 saturated carbocycles. The van der Waals surface area contributed by atoms with E-state index in [2.05, 4.69) is 54.7 Å².